The Morgan fingerprint density at radius 3 is 2.62 bits per heavy atom. The predicted octanol–water partition coefficient (Wildman–Crippen LogP) is 4.19. The van der Waals surface area contributed by atoms with E-state index < -0.39 is 0 Å². The summed E-state index contributed by atoms with van der Waals surface area (Å²) >= 11 is 0. The Labute approximate surface area is 127 Å². The van der Waals surface area contributed by atoms with E-state index in [1.807, 2.05) is 6.07 Å². The third-order valence-electron chi connectivity index (χ3n) is 4.73. The molecule has 0 unspecified atom stereocenters. The molecule has 0 heterocycles. The van der Waals surface area contributed by atoms with Gasteiger partial charge in [-0.1, -0.05) is 17.7 Å². The lowest BCUT2D eigenvalue weighted by Crippen LogP contribution is -2.25. The lowest BCUT2D eigenvalue weighted by molar-refractivity contribution is 0.0954. The van der Waals surface area contributed by atoms with Crippen molar-refractivity contribution in [1.29, 1.82) is 0 Å². The number of amides is 1. The molecule has 0 saturated carbocycles. The first kappa shape index (κ1) is 14.4. The van der Waals surface area contributed by atoms with Gasteiger partial charge in [-0.25, -0.2) is 0 Å². The number of hydrogen-bond acceptors (Lipinski definition) is 1. The molecule has 0 bridgehead atoms. The summed E-state index contributed by atoms with van der Waals surface area (Å²) < 4.78 is 0. The zero-order chi connectivity index (χ0) is 14.5. The fraction of sp³-hybridized carbons (Fsp3) is 0.526. The number of aryl methyl sites for hydroxylation is 2. The lowest BCUT2D eigenvalue weighted by Gasteiger charge is -2.17. The second kappa shape index (κ2) is 6.93. The number of benzene rings is 1. The van der Waals surface area contributed by atoms with Gasteiger partial charge in [-0.15, -0.1) is 0 Å². The SMILES string of the molecule is O=C(NCCC1=CCCCC1)c1ccc2c(c1)CCCC2. The standard InChI is InChI=1S/C19H25NO/c21-19(20-13-12-15-6-2-1-3-7-15)18-11-10-16-8-4-5-9-17(16)14-18/h6,10-11,14H,1-5,7-9,12-13H2,(H,20,21). The van der Waals surface area contributed by atoms with Gasteiger partial charge in [0, 0.05) is 12.1 Å². The normalized spacial score (nSPS) is 17.8. The Bertz CT molecular complexity index is 544. The van der Waals surface area contributed by atoms with Crippen molar-refractivity contribution in [3.05, 3.63) is 46.5 Å². The minimum absolute atomic E-state index is 0.0831. The molecule has 1 N–H and O–H groups in total. The second-order valence-electron chi connectivity index (χ2n) is 6.30. The van der Waals surface area contributed by atoms with Crippen LogP contribution in [0, 0.1) is 0 Å². The highest BCUT2D eigenvalue weighted by molar-refractivity contribution is 5.94. The summed E-state index contributed by atoms with van der Waals surface area (Å²) in [5, 5.41) is 3.07. The van der Waals surface area contributed by atoms with E-state index in [1.165, 1.54) is 61.6 Å². The van der Waals surface area contributed by atoms with Crippen LogP contribution in [0.3, 0.4) is 0 Å². The van der Waals surface area contributed by atoms with Gasteiger partial charge >= 0.3 is 0 Å². The molecule has 1 aromatic rings. The molecule has 1 amide bonds. The highest BCUT2D eigenvalue weighted by Gasteiger charge is 2.12. The van der Waals surface area contributed by atoms with Gasteiger partial charge in [0.05, 0.1) is 0 Å². The number of nitrogens with one attached hydrogen (secondary N) is 1. The summed E-state index contributed by atoms with van der Waals surface area (Å²) in [4.78, 5) is 12.2. The van der Waals surface area contributed by atoms with Crippen molar-refractivity contribution in [1.82, 2.24) is 5.32 Å². The van der Waals surface area contributed by atoms with E-state index in [0.29, 0.717) is 0 Å². The molecule has 0 aromatic heterocycles. The zero-order valence-electron chi connectivity index (χ0n) is 12.8. The van der Waals surface area contributed by atoms with Crippen LogP contribution in [-0.2, 0) is 12.8 Å². The van der Waals surface area contributed by atoms with Crippen LogP contribution in [0.2, 0.25) is 0 Å². The van der Waals surface area contributed by atoms with Gasteiger partial charge in [-0.05, 0) is 81.0 Å². The first-order valence-electron chi connectivity index (χ1n) is 8.41. The second-order valence-corrected chi connectivity index (χ2v) is 6.30. The Kier molecular flexibility index (Phi) is 4.74. The van der Waals surface area contributed by atoms with Crippen LogP contribution in [0.5, 0.6) is 0 Å². The quantitative estimate of drug-likeness (QED) is 0.825. The molecule has 21 heavy (non-hydrogen) atoms. The molecule has 0 fully saturated rings. The third-order valence-corrected chi connectivity index (χ3v) is 4.73. The van der Waals surface area contributed by atoms with E-state index in [2.05, 4.69) is 23.5 Å². The van der Waals surface area contributed by atoms with Crippen LogP contribution in [0.25, 0.3) is 0 Å². The number of carbonyl (C=O) groups excluding carboxylic acids is 1. The van der Waals surface area contributed by atoms with Gasteiger partial charge in [0.2, 0.25) is 0 Å². The molecule has 0 saturated heterocycles. The van der Waals surface area contributed by atoms with Crippen molar-refractivity contribution in [3.8, 4) is 0 Å². The summed E-state index contributed by atoms with van der Waals surface area (Å²) in [5.74, 6) is 0.0831. The lowest BCUT2D eigenvalue weighted by atomic mass is 9.90. The van der Waals surface area contributed by atoms with Gasteiger partial charge in [0.15, 0.2) is 0 Å². The zero-order valence-corrected chi connectivity index (χ0v) is 12.8. The van der Waals surface area contributed by atoms with Crippen LogP contribution < -0.4 is 5.32 Å². The van der Waals surface area contributed by atoms with Crippen LogP contribution >= 0.6 is 0 Å². The highest BCUT2D eigenvalue weighted by Crippen LogP contribution is 2.22. The fourth-order valence-corrected chi connectivity index (χ4v) is 3.45. The molecular weight excluding hydrogens is 258 g/mol. The molecule has 2 aliphatic rings. The number of hydrogen-bond donors (Lipinski definition) is 1. The summed E-state index contributed by atoms with van der Waals surface area (Å²) in [5.41, 5.74) is 5.16. The van der Waals surface area contributed by atoms with Gasteiger partial charge in [-0.2, -0.15) is 0 Å². The fourth-order valence-electron chi connectivity index (χ4n) is 3.45. The minimum Gasteiger partial charge on any atom is -0.352 e. The molecule has 1 aromatic carbocycles. The van der Waals surface area contributed by atoms with E-state index in [-0.39, 0.29) is 5.91 Å². The molecule has 2 nitrogen and oxygen atoms in total. The van der Waals surface area contributed by atoms with E-state index in [1.54, 1.807) is 0 Å². The van der Waals surface area contributed by atoms with Crippen LogP contribution in [0.1, 0.15) is 66.4 Å². The van der Waals surface area contributed by atoms with Gasteiger partial charge < -0.3 is 5.32 Å². The number of carbonyl (C=O) groups is 1. The smallest absolute Gasteiger partial charge is 0.251 e. The maximum Gasteiger partial charge on any atom is 0.251 e. The Hall–Kier alpha value is -1.57. The Morgan fingerprint density at radius 1 is 1.00 bits per heavy atom. The highest BCUT2D eigenvalue weighted by atomic mass is 16.1. The molecule has 112 valence electrons. The molecular formula is C19H25NO. The Balaban J connectivity index is 1.54. The van der Waals surface area contributed by atoms with Crippen LogP contribution in [0.4, 0.5) is 0 Å². The van der Waals surface area contributed by atoms with Crippen molar-refractivity contribution in [3.63, 3.8) is 0 Å². The molecule has 0 aliphatic heterocycles. The van der Waals surface area contributed by atoms with Crippen LogP contribution in [0.15, 0.2) is 29.8 Å². The summed E-state index contributed by atoms with van der Waals surface area (Å²) in [7, 11) is 0. The molecule has 0 radical (unpaired) electrons. The van der Waals surface area contributed by atoms with Gasteiger partial charge in [0.1, 0.15) is 0 Å². The molecule has 0 atom stereocenters. The predicted molar refractivity (Wildman–Crippen MR) is 86.6 cm³/mol. The third kappa shape index (κ3) is 3.75. The maximum absolute atomic E-state index is 12.2. The molecule has 3 rings (SSSR count). The van der Waals surface area contributed by atoms with Crippen molar-refractivity contribution >= 4 is 5.91 Å². The van der Waals surface area contributed by atoms with E-state index in [0.717, 1.165) is 24.9 Å². The van der Waals surface area contributed by atoms with Gasteiger partial charge in [0.25, 0.3) is 5.91 Å². The number of rotatable bonds is 4. The summed E-state index contributed by atoms with van der Waals surface area (Å²) in [6.07, 6.45) is 13.3. The van der Waals surface area contributed by atoms with Crippen molar-refractivity contribution in [2.45, 2.75) is 57.8 Å². The maximum atomic E-state index is 12.2. The topological polar surface area (TPSA) is 29.1 Å². The summed E-state index contributed by atoms with van der Waals surface area (Å²) in [6.45, 7) is 0.766. The van der Waals surface area contributed by atoms with Crippen molar-refractivity contribution in [2.75, 3.05) is 6.54 Å². The molecule has 2 aliphatic carbocycles. The van der Waals surface area contributed by atoms with E-state index in [4.69, 9.17) is 0 Å². The molecule has 2 heteroatoms. The monoisotopic (exact) mass is 283 g/mol. The van der Waals surface area contributed by atoms with Crippen LogP contribution in [-0.4, -0.2) is 12.5 Å². The average molecular weight is 283 g/mol. The van der Waals surface area contributed by atoms with Crippen molar-refractivity contribution in [2.24, 2.45) is 0 Å². The Morgan fingerprint density at radius 2 is 1.81 bits per heavy atom. The molecule has 0 spiro atoms. The minimum atomic E-state index is 0.0831. The number of fused-ring (bicyclic) bond motifs is 1. The summed E-state index contributed by atoms with van der Waals surface area (Å²) in [6, 6.07) is 6.23. The van der Waals surface area contributed by atoms with E-state index >= 15 is 0 Å². The average Bonchev–Trinajstić information content (AvgIpc) is 2.55. The number of allylic oxidation sites excluding steroid dienone is 1. The van der Waals surface area contributed by atoms with E-state index in [9.17, 15) is 4.79 Å². The first-order chi connectivity index (χ1) is 10.3. The first-order valence-corrected chi connectivity index (χ1v) is 8.41. The largest absolute Gasteiger partial charge is 0.352 e. The van der Waals surface area contributed by atoms with Gasteiger partial charge in [-0.3, -0.25) is 4.79 Å². The van der Waals surface area contributed by atoms with Crippen molar-refractivity contribution < 1.29 is 4.79 Å².